The maximum atomic E-state index is 9.01. The first kappa shape index (κ1) is 25.2. The monoisotopic (exact) mass is 376 g/mol. The third-order valence-corrected chi connectivity index (χ3v) is 5.41. The zero-order valence-electron chi connectivity index (χ0n) is 17.1. The van der Waals surface area contributed by atoms with Crippen LogP contribution >= 0.6 is 12.8 Å². The highest BCUT2D eigenvalue weighted by atomic mass is 32.1. The minimum absolute atomic E-state index is 0.294. The van der Waals surface area contributed by atoms with E-state index < -0.39 is 6.29 Å². The first-order chi connectivity index (χ1) is 12.0. The highest BCUT2D eigenvalue weighted by molar-refractivity contribution is 7.74. The van der Waals surface area contributed by atoms with Crippen molar-refractivity contribution in [2.75, 3.05) is 20.1 Å². The number of nitrogens with zero attached hydrogens (tertiary/aromatic N) is 1. The SMILES string of the molecule is CCCCCCCCCCCCCCCCCC[N+](C)(S)CC(O)O. The molecule has 152 valence electrons. The van der Waals surface area contributed by atoms with Crippen molar-refractivity contribution >= 4 is 12.8 Å². The van der Waals surface area contributed by atoms with Crippen molar-refractivity contribution < 1.29 is 14.1 Å². The number of likely N-dealkylation sites (N-methyl/N-ethyl adjacent to an activating group) is 1. The molecular weight excluding hydrogens is 330 g/mol. The molecule has 25 heavy (non-hydrogen) atoms. The van der Waals surface area contributed by atoms with Gasteiger partial charge in [-0.25, -0.2) is 0 Å². The van der Waals surface area contributed by atoms with Crippen molar-refractivity contribution in [2.45, 2.75) is 116 Å². The van der Waals surface area contributed by atoms with E-state index in [0.29, 0.717) is 10.4 Å². The zero-order chi connectivity index (χ0) is 18.8. The Morgan fingerprint density at radius 3 is 1.28 bits per heavy atom. The minimum atomic E-state index is -1.26. The van der Waals surface area contributed by atoms with Crippen LogP contribution in [0.4, 0.5) is 0 Å². The Bertz CT molecular complexity index is 273. The molecule has 0 bridgehead atoms. The third-order valence-electron chi connectivity index (χ3n) is 5.05. The third kappa shape index (κ3) is 20.4. The number of hydrogen-bond acceptors (Lipinski definition) is 3. The Hall–Kier alpha value is 0.230. The lowest BCUT2D eigenvalue weighted by Crippen LogP contribution is -2.41. The van der Waals surface area contributed by atoms with E-state index in [1.165, 1.54) is 96.3 Å². The molecule has 0 aromatic heterocycles. The molecule has 0 aliphatic heterocycles. The molecule has 0 aromatic rings. The van der Waals surface area contributed by atoms with E-state index in [9.17, 15) is 0 Å². The van der Waals surface area contributed by atoms with Gasteiger partial charge in [0.2, 0.25) is 6.29 Å². The van der Waals surface area contributed by atoms with Gasteiger partial charge in [0.05, 0.1) is 26.4 Å². The summed E-state index contributed by atoms with van der Waals surface area (Å²) in [7, 11) is 1.94. The normalized spacial score (nSPS) is 14.2. The van der Waals surface area contributed by atoms with Crippen molar-refractivity contribution in [3.8, 4) is 0 Å². The molecule has 0 saturated heterocycles. The van der Waals surface area contributed by atoms with Gasteiger partial charge in [0.15, 0.2) is 0 Å². The topological polar surface area (TPSA) is 40.5 Å². The molecule has 0 saturated carbocycles. The smallest absolute Gasteiger partial charge is 0.203 e. The molecule has 0 radical (unpaired) electrons. The van der Waals surface area contributed by atoms with Gasteiger partial charge in [-0.05, 0) is 12.8 Å². The van der Waals surface area contributed by atoms with Crippen LogP contribution in [-0.2, 0) is 0 Å². The molecule has 0 aliphatic rings. The summed E-state index contributed by atoms with van der Waals surface area (Å²) in [5.74, 6) is 0. The molecule has 0 aliphatic carbocycles. The Labute approximate surface area is 163 Å². The fourth-order valence-electron chi connectivity index (χ4n) is 3.44. The van der Waals surface area contributed by atoms with Gasteiger partial charge in [-0.3, -0.25) is 3.89 Å². The maximum absolute atomic E-state index is 9.01. The second-order valence-electron chi connectivity index (χ2n) is 8.03. The zero-order valence-corrected chi connectivity index (χ0v) is 18.0. The van der Waals surface area contributed by atoms with Crippen molar-refractivity contribution in [3.63, 3.8) is 0 Å². The molecule has 2 N–H and O–H groups in total. The van der Waals surface area contributed by atoms with E-state index in [0.717, 1.165) is 13.0 Å². The van der Waals surface area contributed by atoms with Crippen molar-refractivity contribution in [3.05, 3.63) is 0 Å². The van der Waals surface area contributed by atoms with E-state index in [2.05, 4.69) is 19.7 Å². The van der Waals surface area contributed by atoms with Crippen LogP contribution in [0, 0.1) is 0 Å². The predicted molar refractivity (Wildman–Crippen MR) is 113 cm³/mol. The summed E-state index contributed by atoms with van der Waals surface area (Å²) in [5, 5.41) is 18.0. The Kier molecular flexibility index (Phi) is 17.8. The predicted octanol–water partition coefficient (Wildman–Crippen LogP) is 5.85. The van der Waals surface area contributed by atoms with Crippen LogP contribution in [0.1, 0.15) is 110 Å². The molecule has 0 heterocycles. The molecule has 1 unspecified atom stereocenters. The van der Waals surface area contributed by atoms with Crippen LogP contribution in [-0.4, -0.2) is 40.5 Å². The van der Waals surface area contributed by atoms with E-state index in [4.69, 9.17) is 10.2 Å². The summed E-state index contributed by atoms with van der Waals surface area (Å²) < 4.78 is 0.399. The van der Waals surface area contributed by atoms with E-state index in [1.807, 2.05) is 7.05 Å². The molecule has 0 rings (SSSR count). The quantitative estimate of drug-likeness (QED) is 0.114. The number of aliphatic hydroxyl groups is 2. The highest BCUT2D eigenvalue weighted by Crippen LogP contribution is 2.15. The second-order valence-corrected chi connectivity index (χ2v) is 8.99. The highest BCUT2D eigenvalue weighted by Gasteiger charge is 2.19. The van der Waals surface area contributed by atoms with Crippen molar-refractivity contribution in [2.24, 2.45) is 0 Å². The average Bonchev–Trinajstić information content (AvgIpc) is 2.53. The number of rotatable bonds is 19. The first-order valence-electron chi connectivity index (χ1n) is 10.9. The number of thiol groups is 1. The largest absolute Gasteiger partial charge is 0.364 e. The van der Waals surface area contributed by atoms with Crippen LogP contribution in [0.5, 0.6) is 0 Å². The summed E-state index contributed by atoms with van der Waals surface area (Å²) in [6.45, 7) is 3.48. The molecule has 4 heteroatoms. The van der Waals surface area contributed by atoms with Gasteiger partial charge in [-0.15, -0.1) is 0 Å². The van der Waals surface area contributed by atoms with Crippen molar-refractivity contribution in [1.82, 2.24) is 0 Å². The van der Waals surface area contributed by atoms with Gasteiger partial charge < -0.3 is 10.2 Å². The Morgan fingerprint density at radius 2 is 0.960 bits per heavy atom. The summed E-state index contributed by atoms with van der Waals surface area (Å²) in [6, 6.07) is 0. The number of aliphatic hydroxyl groups excluding tert-OH is 1. The average molecular weight is 377 g/mol. The maximum Gasteiger partial charge on any atom is 0.203 e. The van der Waals surface area contributed by atoms with Crippen LogP contribution < -0.4 is 0 Å². The van der Waals surface area contributed by atoms with Crippen LogP contribution in [0.25, 0.3) is 0 Å². The van der Waals surface area contributed by atoms with E-state index in [1.54, 1.807) is 0 Å². The first-order valence-corrected chi connectivity index (χ1v) is 11.3. The summed E-state index contributed by atoms with van der Waals surface area (Å²) in [4.78, 5) is 0. The van der Waals surface area contributed by atoms with Gasteiger partial charge in [-0.2, -0.15) is 0 Å². The van der Waals surface area contributed by atoms with E-state index >= 15 is 0 Å². The van der Waals surface area contributed by atoms with Gasteiger partial charge in [0, 0.05) is 0 Å². The molecule has 0 spiro atoms. The lowest BCUT2D eigenvalue weighted by atomic mass is 10.0. The minimum Gasteiger partial charge on any atom is -0.364 e. The molecular formula is C21H46NO2S+. The number of unbranched alkanes of at least 4 members (excludes halogenated alkanes) is 15. The van der Waals surface area contributed by atoms with Gasteiger partial charge >= 0.3 is 0 Å². The number of quaternary nitrogens is 1. The van der Waals surface area contributed by atoms with Gasteiger partial charge in [0.1, 0.15) is 6.54 Å². The van der Waals surface area contributed by atoms with Crippen LogP contribution in [0.3, 0.4) is 0 Å². The molecule has 0 amide bonds. The van der Waals surface area contributed by atoms with Crippen LogP contribution in [0.15, 0.2) is 0 Å². The lowest BCUT2D eigenvalue weighted by molar-refractivity contribution is -0.778. The standard InChI is InChI=1S/C21H46NO2S/c1-3-4-5-6-7-8-9-10-11-12-13-14-15-16-17-18-19-22(2,25)20-21(23)24/h21,23-25H,3-20H2,1-2H3/q+1. The number of hydrogen-bond donors (Lipinski definition) is 3. The van der Waals surface area contributed by atoms with Crippen molar-refractivity contribution in [1.29, 1.82) is 0 Å². The van der Waals surface area contributed by atoms with E-state index in [-0.39, 0.29) is 0 Å². The fraction of sp³-hybridized carbons (Fsp3) is 1.00. The molecule has 3 nitrogen and oxygen atoms in total. The Morgan fingerprint density at radius 1 is 0.640 bits per heavy atom. The molecule has 0 fully saturated rings. The fourth-order valence-corrected chi connectivity index (χ4v) is 3.73. The lowest BCUT2D eigenvalue weighted by Gasteiger charge is -2.27. The van der Waals surface area contributed by atoms with Gasteiger partial charge in [-0.1, -0.05) is 96.8 Å². The second kappa shape index (κ2) is 17.6. The summed E-state index contributed by atoms with van der Waals surface area (Å²) in [6.07, 6.45) is 20.7. The summed E-state index contributed by atoms with van der Waals surface area (Å²) >= 11 is 4.47. The summed E-state index contributed by atoms with van der Waals surface area (Å²) in [5.41, 5.74) is 0. The van der Waals surface area contributed by atoms with Crippen LogP contribution in [0.2, 0.25) is 0 Å². The molecule has 1 atom stereocenters. The van der Waals surface area contributed by atoms with Gasteiger partial charge in [0.25, 0.3) is 0 Å². The Balaban J connectivity index is 3.17. The molecule has 0 aromatic carbocycles.